The highest BCUT2D eigenvalue weighted by Crippen LogP contribution is 2.30. The van der Waals surface area contributed by atoms with Crippen molar-refractivity contribution in [3.05, 3.63) is 41.7 Å². The second kappa shape index (κ2) is 5.13. The first-order chi connectivity index (χ1) is 10.3. The van der Waals surface area contributed by atoms with E-state index in [4.69, 9.17) is 4.74 Å². The van der Waals surface area contributed by atoms with E-state index in [1.54, 1.807) is 12.3 Å². The van der Waals surface area contributed by atoms with Gasteiger partial charge in [-0.1, -0.05) is 17.3 Å². The number of hydrogen-bond donors (Lipinski definition) is 1. The summed E-state index contributed by atoms with van der Waals surface area (Å²) >= 11 is 0. The zero-order chi connectivity index (χ0) is 14.2. The van der Waals surface area contributed by atoms with E-state index in [0.29, 0.717) is 12.4 Å². The Kier molecular flexibility index (Phi) is 3.12. The molecule has 1 N–H and O–H groups in total. The summed E-state index contributed by atoms with van der Waals surface area (Å²) in [5.74, 6) is 0.321. The maximum absolute atomic E-state index is 9.57. The van der Waals surface area contributed by atoms with Crippen molar-refractivity contribution >= 4 is 0 Å². The van der Waals surface area contributed by atoms with Crippen LogP contribution < -0.4 is 0 Å². The van der Waals surface area contributed by atoms with Crippen LogP contribution in [0, 0.1) is 0 Å². The number of phenols is 1. The van der Waals surface area contributed by atoms with Gasteiger partial charge in [-0.25, -0.2) is 4.68 Å². The van der Waals surface area contributed by atoms with Crippen LogP contribution >= 0.6 is 0 Å². The maximum Gasteiger partial charge on any atom is 0.115 e. The van der Waals surface area contributed by atoms with Gasteiger partial charge in [-0.3, -0.25) is 4.90 Å². The lowest BCUT2D eigenvalue weighted by atomic mass is 10.00. The molecule has 2 aliphatic heterocycles. The topological polar surface area (TPSA) is 63.4 Å². The van der Waals surface area contributed by atoms with Gasteiger partial charge in [-0.05, 0) is 24.1 Å². The molecule has 2 aliphatic rings. The average Bonchev–Trinajstić information content (AvgIpc) is 2.96. The number of piperidine rings is 1. The number of benzene rings is 1. The predicted molar refractivity (Wildman–Crippen MR) is 75.6 cm³/mol. The van der Waals surface area contributed by atoms with Crippen LogP contribution in [0.2, 0.25) is 0 Å². The summed E-state index contributed by atoms with van der Waals surface area (Å²) in [5.41, 5.74) is 2.18. The highest BCUT2D eigenvalue weighted by atomic mass is 16.5. The van der Waals surface area contributed by atoms with Crippen LogP contribution in [0.5, 0.6) is 5.75 Å². The van der Waals surface area contributed by atoms with Gasteiger partial charge in [-0.15, -0.1) is 5.10 Å². The minimum Gasteiger partial charge on any atom is -0.508 e. The first kappa shape index (κ1) is 12.8. The molecule has 0 unspecified atom stereocenters. The Labute approximate surface area is 122 Å². The normalized spacial score (nSPS) is 25.3. The quantitative estimate of drug-likeness (QED) is 0.902. The molecule has 6 heteroatoms. The molecule has 1 aromatic heterocycles. The summed E-state index contributed by atoms with van der Waals surface area (Å²) in [5, 5.41) is 17.8. The molecule has 1 fully saturated rings. The van der Waals surface area contributed by atoms with Gasteiger partial charge in [0.25, 0.3) is 0 Å². The van der Waals surface area contributed by atoms with Gasteiger partial charge in [0.2, 0.25) is 0 Å². The van der Waals surface area contributed by atoms with E-state index >= 15 is 0 Å². The second-order valence-electron chi connectivity index (χ2n) is 5.78. The molecule has 0 bridgehead atoms. The number of hydrogen-bond acceptors (Lipinski definition) is 5. The van der Waals surface area contributed by atoms with Crippen molar-refractivity contribution in [2.45, 2.75) is 31.7 Å². The summed E-state index contributed by atoms with van der Waals surface area (Å²) in [6, 6.07) is 7.69. The van der Waals surface area contributed by atoms with E-state index in [1.807, 2.05) is 22.9 Å². The number of ether oxygens (including phenoxy) is 1. The Morgan fingerprint density at radius 2 is 2.33 bits per heavy atom. The molecular weight excluding hydrogens is 268 g/mol. The molecule has 0 aliphatic carbocycles. The second-order valence-corrected chi connectivity index (χ2v) is 5.78. The van der Waals surface area contributed by atoms with Gasteiger partial charge < -0.3 is 9.84 Å². The Morgan fingerprint density at radius 1 is 1.38 bits per heavy atom. The first-order valence-corrected chi connectivity index (χ1v) is 7.30. The smallest absolute Gasteiger partial charge is 0.115 e. The largest absolute Gasteiger partial charge is 0.508 e. The Morgan fingerprint density at radius 3 is 3.24 bits per heavy atom. The zero-order valence-electron chi connectivity index (χ0n) is 11.7. The monoisotopic (exact) mass is 286 g/mol. The van der Waals surface area contributed by atoms with Crippen molar-refractivity contribution in [1.29, 1.82) is 0 Å². The minimum atomic E-state index is 0.236. The Hall–Kier alpha value is -1.92. The number of likely N-dealkylation sites (tertiary alicyclic amines) is 1. The fourth-order valence-corrected chi connectivity index (χ4v) is 3.30. The maximum atomic E-state index is 9.57. The Balaban J connectivity index is 1.51. The van der Waals surface area contributed by atoms with Gasteiger partial charge in [0.1, 0.15) is 5.75 Å². The molecule has 1 saturated heterocycles. The van der Waals surface area contributed by atoms with Crippen LogP contribution in [-0.2, 0) is 17.9 Å². The summed E-state index contributed by atoms with van der Waals surface area (Å²) in [7, 11) is 0. The number of aromatic hydroxyl groups is 1. The highest BCUT2D eigenvalue weighted by Gasteiger charge is 2.36. The van der Waals surface area contributed by atoms with E-state index < -0.39 is 0 Å². The van der Waals surface area contributed by atoms with Crippen molar-refractivity contribution < 1.29 is 9.84 Å². The lowest BCUT2D eigenvalue weighted by Crippen LogP contribution is -2.47. The summed E-state index contributed by atoms with van der Waals surface area (Å²) in [6.07, 6.45) is 3.02. The van der Waals surface area contributed by atoms with E-state index in [2.05, 4.69) is 15.2 Å². The number of fused-ring (bicyclic) bond motifs is 3. The van der Waals surface area contributed by atoms with Gasteiger partial charge in [0.05, 0.1) is 30.6 Å². The third-order valence-electron chi connectivity index (χ3n) is 4.33. The molecule has 0 saturated carbocycles. The third-order valence-corrected chi connectivity index (χ3v) is 4.33. The summed E-state index contributed by atoms with van der Waals surface area (Å²) < 4.78 is 7.93. The van der Waals surface area contributed by atoms with Crippen molar-refractivity contribution in [2.75, 3.05) is 13.1 Å². The highest BCUT2D eigenvalue weighted by molar-refractivity contribution is 5.27. The van der Waals surface area contributed by atoms with Crippen LogP contribution in [0.15, 0.2) is 30.5 Å². The molecule has 6 nitrogen and oxygen atoms in total. The molecule has 2 aromatic rings. The van der Waals surface area contributed by atoms with Gasteiger partial charge >= 0.3 is 0 Å². The standard InChI is InChI=1S/C15H18N4O2/c20-13-3-1-2-11(6-13)8-18-5-4-15-14(9-18)19-12(10-21-15)7-16-17-19/h1-3,6-7,14-15,20H,4-5,8-10H2/t14-,15+/m1/s1. The van der Waals surface area contributed by atoms with Crippen LogP contribution in [0.25, 0.3) is 0 Å². The number of rotatable bonds is 2. The molecule has 21 heavy (non-hydrogen) atoms. The molecule has 2 atom stereocenters. The van der Waals surface area contributed by atoms with Crippen molar-refractivity contribution in [1.82, 2.24) is 19.9 Å². The lowest BCUT2D eigenvalue weighted by Gasteiger charge is -2.41. The SMILES string of the molecule is Oc1cccc(CN2CC[C@@H]3OCc4cnnn4[C@@H]3C2)c1. The van der Waals surface area contributed by atoms with Crippen molar-refractivity contribution in [2.24, 2.45) is 0 Å². The molecule has 0 spiro atoms. The van der Waals surface area contributed by atoms with Crippen molar-refractivity contribution in [3.8, 4) is 5.75 Å². The minimum absolute atomic E-state index is 0.236. The molecular formula is C15H18N4O2. The van der Waals surface area contributed by atoms with E-state index in [1.165, 1.54) is 0 Å². The van der Waals surface area contributed by atoms with Gasteiger partial charge in [0, 0.05) is 19.6 Å². The van der Waals surface area contributed by atoms with E-state index in [-0.39, 0.29) is 12.1 Å². The molecule has 0 radical (unpaired) electrons. The molecule has 110 valence electrons. The molecule has 3 heterocycles. The molecule has 4 rings (SSSR count). The Bertz CT molecular complexity index is 642. The van der Waals surface area contributed by atoms with E-state index in [9.17, 15) is 5.11 Å². The van der Waals surface area contributed by atoms with E-state index in [0.717, 1.165) is 37.3 Å². The van der Waals surface area contributed by atoms with Gasteiger partial charge in [0.15, 0.2) is 0 Å². The van der Waals surface area contributed by atoms with Crippen LogP contribution in [-0.4, -0.2) is 44.2 Å². The summed E-state index contributed by atoms with van der Waals surface area (Å²) in [4.78, 5) is 2.38. The van der Waals surface area contributed by atoms with Crippen LogP contribution in [0.4, 0.5) is 0 Å². The van der Waals surface area contributed by atoms with Gasteiger partial charge in [-0.2, -0.15) is 0 Å². The van der Waals surface area contributed by atoms with Crippen LogP contribution in [0.1, 0.15) is 23.7 Å². The molecule has 0 amide bonds. The predicted octanol–water partition coefficient (Wildman–Crippen LogP) is 1.33. The third kappa shape index (κ3) is 2.41. The number of aromatic nitrogens is 3. The number of nitrogens with zero attached hydrogens (tertiary/aromatic N) is 4. The number of phenolic OH excluding ortho intramolecular Hbond substituents is 1. The van der Waals surface area contributed by atoms with Crippen LogP contribution in [0.3, 0.4) is 0 Å². The fourth-order valence-electron chi connectivity index (χ4n) is 3.30. The average molecular weight is 286 g/mol. The first-order valence-electron chi connectivity index (χ1n) is 7.30. The fraction of sp³-hybridized carbons (Fsp3) is 0.467. The zero-order valence-corrected chi connectivity index (χ0v) is 11.7. The molecule has 1 aromatic carbocycles. The summed E-state index contributed by atoms with van der Waals surface area (Å²) in [6.45, 7) is 3.35. The van der Waals surface area contributed by atoms with Crippen molar-refractivity contribution in [3.63, 3.8) is 0 Å². The lowest BCUT2D eigenvalue weighted by molar-refractivity contribution is -0.0669.